The largest absolute Gasteiger partial charge is 0.464 e. The first-order valence-electron chi connectivity index (χ1n) is 3.69. The predicted molar refractivity (Wildman–Crippen MR) is 42.0 cm³/mol. The summed E-state index contributed by atoms with van der Waals surface area (Å²) < 4.78 is 6.79. The third kappa shape index (κ3) is 0.990. The van der Waals surface area contributed by atoms with Crippen molar-refractivity contribution in [2.75, 3.05) is 6.61 Å². The van der Waals surface area contributed by atoms with E-state index in [-0.39, 0.29) is 0 Å². The first kappa shape index (κ1) is 7.02. The Labute approximate surface area is 69.0 Å². The molecule has 0 aliphatic carbocycles. The molecule has 0 fully saturated rings. The monoisotopic (exact) mass is 164 g/mol. The van der Waals surface area contributed by atoms with Crippen molar-refractivity contribution in [2.24, 2.45) is 0 Å². The molecule has 0 saturated heterocycles. The predicted octanol–water partition coefficient (Wildman–Crippen LogP) is 0.523. The molecule has 0 aromatic carbocycles. The summed E-state index contributed by atoms with van der Waals surface area (Å²) in [6.45, 7) is 2.48. The van der Waals surface area contributed by atoms with E-state index in [0.29, 0.717) is 12.6 Å². The first-order valence-corrected chi connectivity index (χ1v) is 3.69. The van der Waals surface area contributed by atoms with Crippen LogP contribution < -0.4 is 4.74 Å². The number of rotatable bonds is 2. The highest BCUT2D eigenvalue weighted by atomic mass is 16.5. The molecule has 2 rings (SSSR count). The van der Waals surface area contributed by atoms with Crippen LogP contribution in [0.1, 0.15) is 6.92 Å². The molecule has 0 saturated carbocycles. The second kappa shape index (κ2) is 2.77. The van der Waals surface area contributed by atoms with Crippen LogP contribution in [0.15, 0.2) is 18.6 Å². The molecule has 0 atom stereocenters. The molecule has 12 heavy (non-hydrogen) atoms. The van der Waals surface area contributed by atoms with Gasteiger partial charge in [-0.3, -0.25) is 0 Å². The Bertz CT molecular complexity index is 384. The summed E-state index contributed by atoms with van der Waals surface area (Å²) in [5.74, 6) is 0. The molecule has 0 aliphatic rings. The maximum Gasteiger partial charge on any atom is 0.321 e. The fourth-order valence-electron chi connectivity index (χ4n) is 0.961. The van der Waals surface area contributed by atoms with Gasteiger partial charge in [0.15, 0.2) is 5.65 Å². The van der Waals surface area contributed by atoms with Crippen LogP contribution in [0.4, 0.5) is 0 Å². The van der Waals surface area contributed by atoms with Gasteiger partial charge in [-0.15, -0.1) is 0 Å². The fourth-order valence-corrected chi connectivity index (χ4v) is 0.961. The van der Waals surface area contributed by atoms with Crippen LogP contribution in [0, 0.1) is 0 Å². The lowest BCUT2D eigenvalue weighted by Gasteiger charge is -2.01. The summed E-state index contributed by atoms with van der Waals surface area (Å²) in [5, 5.41) is 4.00. The van der Waals surface area contributed by atoms with E-state index in [2.05, 4.69) is 15.1 Å². The number of ether oxygens (including phenoxy) is 1. The molecule has 0 bridgehead atoms. The average molecular weight is 164 g/mol. The van der Waals surface area contributed by atoms with E-state index in [1.54, 1.807) is 16.8 Å². The summed E-state index contributed by atoms with van der Waals surface area (Å²) in [7, 11) is 0. The quantitative estimate of drug-likeness (QED) is 0.649. The van der Waals surface area contributed by atoms with Gasteiger partial charge in [0.1, 0.15) is 6.33 Å². The molecule has 5 heteroatoms. The Kier molecular flexibility index (Phi) is 1.62. The molecule has 0 unspecified atom stereocenters. The molecule has 0 N–H and O–H groups in total. The van der Waals surface area contributed by atoms with Crippen molar-refractivity contribution >= 4 is 5.65 Å². The Morgan fingerprint density at radius 3 is 3.25 bits per heavy atom. The molecular formula is C7H8N4O. The lowest BCUT2D eigenvalue weighted by atomic mass is 10.7. The van der Waals surface area contributed by atoms with Gasteiger partial charge in [0.05, 0.1) is 12.8 Å². The highest BCUT2D eigenvalue weighted by molar-refractivity contribution is 5.35. The molecule has 0 spiro atoms. The van der Waals surface area contributed by atoms with Crippen molar-refractivity contribution in [1.82, 2.24) is 19.6 Å². The summed E-state index contributed by atoms with van der Waals surface area (Å²) in [6.07, 6.45) is 3.12. The van der Waals surface area contributed by atoms with Crippen LogP contribution in [-0.2, 0) is 0 Å². The highest BCUT2D eigenvalue weighted by Crippen LogP contribution is 2.06. The number of fused-ring (bicyclic) bond motifs is 1. The fraction of sp³-hybridized carbons (Fsp3) is 0.286. The van der Waals surface area contributed by atoms with Gasteiger partial charge < -0.3 is 4.74 Å². The average Bonchev–Trinajstić information content (AvgIpc) is 2.53. The van der Waals surface area contributed by atoms with Gasteiger partial charge in [-0.2, -0.15) is 14.6 Å². The Hall–Kier alpha value is -1.65. The maximum absolute atomic E-state index is 5.23. The van der Waals surface area contributed by atoms with Crippen LogP contribution >= 0.6 is 0 Å². The number of aromatic nitrogens is 4. The lowest BCUT2D eigenvalue weighted by Crippen LogP contribution is -2.02. The Morgan fingerprint density at radius 1 is 1.50 bits per heavy atom. The second-order valence-electron chi connectivity index (χ2n) is 2.19. The normalized spacial score (nSPS) is 10.4. The van der Waals surface area contributed by atoms with E-state index >= 15 is 0 Å². The van der Waals surface area contributed by atoms with Crippen LogP contribution in [0.5, 0.6) is 6.01 Å². The van der Waals surface area contributed by atoms with E-state index < -0.39 is 0 Å². The number of hydrogen-bond donors (Lipinski definition) is 0. The molecule has 0 radical (unpaired) electrons. The molecule has 0 aliphatic heterocycles. The van der Waals surface area contributed by atoms with Gasteiger partial charge in [-0.25, -0.2) is 4.98 Å². The zero-order valence-electron chi connectivity index (χ0n) is 6.64. The molecule has 0 amide bonds. The van der Waals surface area contributed by atoms with Crippen LogP contribution in [0.2, 0.25) is 0 Å². The molecule has 2 heterocycles. The van der Waals surface area contributed by atoms with Crippen LogP contribution in [0.25, 0.3) is 5.65 Å². The van der Waals surface area contributed by atoms with Gasteiger partial charge in [0.25, 0.3) is 0 Å². The molecule has 2 aromatic heterocycles. The van der Waals surface area contributed by atoms with Crippen molar-refractivity contribution in [3.05, 3.63) is 18.6 Å². The van der Waals surface area contributed by atoms with Gasteiger partial charge >= 0.3 is 6.01 Å². The van der Waals surface area contributed by atoms with Crippen molar-refractivity contribution in [3.63, 3.8) is 0 Å². The first-order chi connectivity index (χ1) is 5.92. The highest BCUT2D eigenvalue weighted by Gasteiger charge is 2.01. The summed E-state index contributed by atoms with van der Waals surface area (Å²) in [5.41, 5.74) is 0.744. The number of nitrogens with zero attached hydrogens (tertiary/aromatic N) is 4. The maximum atomic E-state index is 5.23. The van der Waals surface area contributed by atoms with E-state index in [4.69, 9.17) is 4.74 Å². The minimum absolute atomic E-state index is 0.479. The van der Waals surface area contributed by atoms with Crippen molar-refractivity contribution < 1.29 is 4.74 Å². The zero-order valence-corrected chi connectivity index (χ0v) is 6.64. The van der Waals surface area contributed by atoms with E-state index in [1.165, 1.54) is 6.33 Å². The summed E-state index contributed by atoms with van der Waals surface area (Å²) >= 11 is 0. The topological polar surface area (TPSA) is 52.3 Å². The third-order valence-corrected chi connectivity index (χ3v) is 1.44. The lowest BCUT2D eigenvalue weighted by molar-refractivity contribution is 0.302. The smallest absolute Gasteiger partial charge is 0.321 e. The van der Waals surface area contributed by atoms with E-state index in [1.807, 2.05) is 6.92 Å². The van der Waals surface area contributed by atoms with Crippen molar-refractivity contribution in [3.8, 4) is 6.01 Å². The molecule has 5 nitrogen and oxygen atoms in total. The standard InChI is InChI=1S/C7H8N4O/c1-2-12-7-9-5-8-6-3-4-10-11(6)7/h3-5H,2H2,1H3. The van der Waals surface area contributed by atoms with E-state index in [0.717, 1.165) is 5.65 Å². The van der Waals surface area contributed by atoms with Gasteiger partial charge in [-0.1, -0.05) is 0 Å². The van der Waals surface area contributed by atoms with E-state index in [9.17, 15) is 0 Å². The van der Waals surface area contributed by atoms with Crippen LogP contribution in [0.3, 0.4) is 0 Å². The van der Waals surface area contributed by atoms with Gasteiger partial charge in [0, 0.05) is 6.07 Å². The van der Waals surface area contributed by atoms with Gasteiger partial charge in [0.2, 0.25) is 0 Å². The molecule has 2 aromatic rings. The van der Waals surface area contributed by atoms with Crippen molar-refractivity contribution in [1.29, 1.82) is 0 Å². The Balaban J connectivity index is 2.57. The Morgan fingerprint density at radius 2 is 2.42 bits per heavy atom. The SMILES string of the molecule is CCOc1ncnc2ccnn12. The summed E-state index contributed by atoms with van der Waals surface area (Å²) in [4.78, 5) is 7.93. The summed E-state index contributed by atoms with van der Waals surface area (Å²) in [6, 6.07) is 2.28. The minimum atomic E-state index is 0.479. The van der Waals surface area contributed by atoms with Gasteiger partial charge in [-0.05, 0) is 6.92 Å². The molecule has 62 valence electrons. The minimum Gasteiger partial charge on any atom is -0.464 e. The third-order valence-electron chi connectivity index (χ3n) is 1.44. The number of hydrogen-bond acceptors (Lipinski definition) is 4. The molecular weight excluding hydrogens is 156 g/mol. The van der Waals surface area contributed by atoms with Crippen molar-refractivity contribution in [2.45, 2.75) is 6.92 Å². The second-order valence-corrected chi connectivity index (χ2v) is 2.19. The zero-order chi connectivity index (χ0) is 8.39. The van der Waals surface area contributed by atoms with Crippen LogP contribution in [-0.4, -0.2) is 26.2 Å².